The van der Waals surface area contributed by atoms with Crippen molar-refractivity contribution in [3.05, 3.63) is 11.6 Å². The summed E-state index contributed by atoms with van der Waals surface area (Å²) in [5, 5.41) is 20.2. The molecule has 3 bridgehead atoms. The van der Waals surface area contributed by atoms with Gasteiger partial charge in [-0.05, 0) is 37.2 Å². The summed E-state index contributed by atoms with van der Waals surface area (Å²) < 4.78 is 0. The standard InChI is InChI=1S/C10H14O2/c11-9-2-1-8-3-7(4-9)5-10(8,12)6-9/h3,7,11-12H,1-2,4-6H2. The quantitative estimate of drug-likeness (QED) is 0.527. The lowest BCUT2D eigenvalue weighted by atomic mass is 9.66. The van der Waals surface area contributed by atoms with Crippen molar-refractivity contribution in [2.45, 2.75) is 43.3 Å². The van der Waals surface area contributed by atoms with Gasteiger partial charge in [0, 0.05) is 6.42 Å². The van der Waals surface area contributed by atoms with Gasteiger partial charge in [0.25, 0.3) is 0 Å². The van der Waals surface area contributed by atoms with Gasteiger partial charge in [0.15, 0.2) is 0 Å². The number of aliphatic hydroxyl groups is 2. The highest BCUT2D eigenvalue weighted by Crippen LogP contribution is 2.55. The zero-order chi connectivity index (χ0) is 8.40. The van der Waals surface area contributed by atoms with Gasteiger partial charge in [0.1, 0.15) is 0 Å². The van der Waals surface area contributed by atoms with Crippen LogP contribution in [0.2, 0.25) is 0 Å². The van der Waals surface area contributed by atoms with Gasteiger partial charge in [-0.3, -0.25) is 0 Å². The van der Waals surface area contributed by atoms with Crippen LogP contribution in [0.4, 0.5) is 0 Å². The van der Waals surface area contributed by atoms with Gasteiger partial charge in [-0.25, -0.2) is 0 Å². The first-order chi connectivity index (χ1) is 5.60. The molecule has 0 aromatic heterocycles. The molecule has 3 unspecified atom stereocenters. The van der Waals surface area contributed by atoms with Crippen LogP contribution in [-0.4, -0.2) is 21.4 Å². The number of hydrogen-bond donors (Lipinski definition) is 2. The molecule has 3 aliphatic rings. The van der Waals surface area contributed by atoms with Gasteiger partial charge >= 0.3 is 0 Å². The Balaban J connectivity index is 2.09. The average Bonchev–Trinajstić information content (AvgIpc) is 2.06. The largest absolute Gasteiger partial charge is 0.390 e. The molecule has 3 aliphatic carbocycles. The van der Waals surface area contributed by atoms with Crippen LogP contribution >= 0.6 is 0 Å². The maximum atomic E-state index is 10.1. The van der Waals surface area contributed by atoms with E-state index >= 15 is 0 Å². The summed E-state index contributed by atoms with van der Waals surface area (Å²) in [6.45, 7) is 0. The lowest BCUT2D eigenvalue weighted by Gasteiger charge is -2.46. The van der Waals surface area contributed by atoms with Crippen molar-refractivity contribution in [2.75, 3.05) is 0 Å². The molecule has 0 heterocycles. The van der Waals surface area contributed by atoms with E-state index in [1.54, 1.807) is 0 Å². The minimum Gasteiger partial charge on any atom is -0.390 e. The van der Waals surface area contributed by atoms with Crippen LogP contribution in [-0.2, 0) is 0 Å². The molecular weight excluding hydrogens is 152 g/mol. The van der Waals surface area contributed by atoms with E-state index in [-0.39, 0.29) is 0 Å². The van der Waals surface area contributed by atoms with Crippen LogP contribution in [0.5, 0.6) is 0 Å². The Bertz CT molecular complexity index is 271. The van der Waals surface area contributed by atoms with Crippen LogP contribution < -0.4 is 0 Å². The second kappa shape index (κ2) is 1.78. The Morgan fingerprint density at radius 1 is 1.33 bits per heavy atom. The van der Waals surface area contributed by atoms with Gasteiger partial charge in [0.05, 0.1) is 11.2 Å². The molecule has 2 fully saturated rings. The normalized spacial score (nSPS) is 55.8. The SMILES string of the molecule is OC12CCC3=CC(C1)CC3(O)C2. The van der Waals surface area contributed by atoms with E-state index in [9.17, 15) is 10.2 Å². The number of allylic oxidation sites excluding steroid dienone is 1. The second-order valence-corrected chi connectivity index (χ2v) is 4.79. The topological polar surface area (TPSA) is 40.5 Å². The Morgan fingerprint density at radius 3 is 3.00 bits per heavy atom. The van der Waals surface area contributed by atoms with Crippen LogP contribution in [0.15, 0.2) is 11.6 Å². The maximum absolute atomic E-state index is 10.1. The lowest BCUT2D eigenvalue weighted by molar-refractivity contribution is -0.106. The van der Waals surface area contributed by atoms with Crippen molar-refractivity contribution in [1.82, 2.24) is 0 Å². The van der Waals surface area contributed by atoms with E-state index in [0.29, 0.717) is 12.3 Å². The molecule has 3 atom stereocenters. The van der Waals surface area contributed by atoms with Crippen molar-refractivity contribution in [2.24, 2.45) is 5.92 Å². The van der Waals surface area contributed by atoms with Gasteiger partial charge < -0.3 is 10.2 Å². The van der Waals surface area contributed by atoms with Gasteiger partial charge in [-0.15, -0.1) is 0 Å². The predicted molar refractivity (Wildman–Crippen MR) is 44.6 cm³/mol. The van der Waals surface area contributed by atoms with E-state index in [0.717, 1.165) is 25.7 Å². The molecule has 2 nitrogen and oxygen atoms in total. The first kappa shape index (κ1) is 7.10. The Labute approximate surface area is 71.9 Å². The number of rotatable bonds is 0. The molecule has 0 aromatic carbocycles. The monoisotopic (exact) mass is 166 g/mol. The first-order valence-corrected chi connectivity index (χ1v) is 4.76. The zero-order valence-corrected chi connectivity index (χ0v) is 7.08. The summed E-state index contributed by atoms with van der Waals surface area (Å²) in [5.41, 5.74) is 0.0408. The fourth-order valence-electron chi connectivity index (χ4n) is 3.36. The molecule has 12 heavy (non-hydrogen) atoms. The number of fused-ring (bicyclic) bond motifs is 2. The fraction of sp³-hybridized carbons (Fsp3) is 0.800. The maximum Gasteiger partial charge on any atom is 0.0889 e. The summed E-state index contributed by atoms with van der Waals surface area (Å²) in [5.74, 6) is 0.450. The van der Waals surface area contributed by atoms with Crippen molar-refractivity contribution >= 4 is 0 Å². The van der Waals surface area contributed by atoms with Crippen molar-refractivity contribution in [3.63, 3.8) is 0 Å². The van der Waals surface area contributed by atoms with Crippen LogP contribution in [0.3, 0.4) is 0 Å². The summed E-state index contributed by atoms with van der Waals surface area (Å²) in [7, 11) is 0. The molecule has 0 aromatic rings. The lowest BCUT2D eigenvalue weighted by Crippen LogP contribution is -2.49. The summed E-state index contributed by atoms with van der Waals surface area (Å²) >= 11 is 0. The molecule has 3 rings (SSSR count). The molecule has 2 heteroatoms. The molecule has 2 N–H and O–H groups in total. The summed E-state index contributed by atoms with van der Waals surface area (Å²) in [6.07, 6.45) is 6.29. The van der Waals surface area contributed by atoms with Crippen LogP contribution in [0.25, 0.3) is 0 Å². The molecule has 0 saturated heterocycles. The van der Waals surface area contributed by atoms with Gasteiger partial charge in [-0.1, -0.05) is 6.08 Å². The molecule has 0 amide bonds. The molecule has 66 valence electrons. The molecule has 0 radical (unpaired) electrons. The molecule has 2 saturated carbocycles. The highest BCUT2D eigenvalue weighted by Gasteiger charge is 2.54. The van der Waals surface area contributed by atoms with E-state index in [2.05, 4.69) is 6.08 Å². The van der Waals surface area contributed by atoms with Gasteiger partial charge in [-0.2, -0.15) is 0 Å². The Morgan fingerprint density at radius 2 is 2.17 bits per heavy atom. The third kappa shape index (κ3) is 0.723. The van der Waals surface area contributed by atoms with Crippen LogP contribution in [0.1, 0.15) is 32.1 Å². The third-order valence-electron chi connectivity index (χ3n) is 3.76. The second-order valence-electron chi connectivity index (χ2n) is 4.79. The van der Waals surface area contributed by atoms with Crippen molar-refractivity contribution < 1.29 is 10.2 Å². The minimum absolute atomic E-state index is 0.450. The van der Waals surface area contributed by atoms with Gasteiger partial charge in [0.2, 0.25) is 0 Å². The van der Waals surface area contributed by atoms with E-state index in [1.807, 2.05) is 0 Å². The Kier molecular flexibility index (Phi) is 1.05. The fourth-order valence-corrected chi connectivity index (χ4v) is 3.36. The molecular formula is C10H14O2. The Hall–Kier alpha value is -0.340. The third-order valence-corrected chi connectivity index (χ3v) is 3.76. The average molecular weight is 166 g/mol. The highest BCUT2D eigenvalue weighted by molar-refractivity contribution is 5.32. The summed E-state index contributed by atoms with van der Waals surface area (Å²) in [4.78, 5) is 0. The molecule has 0 spiro atoms. The summed E-state index contributed by atoms with van der Waals surface area (Å²) in [6, 6.07) is 0. The zero-order valence-electron chi connectivity index (χ0n) is 7.08. The van der Waals surface area contributed by atoms with Crippen molar-refractivity contribution in [1.29, 1.82) is 0 Å². The first-order valence-electron chi connectivity index (χ1n) is 4.76. The van der Waals surface area contributed by atoms with E-state index < -0.39 is 11.2 Å². The smallest absolute Gasteiger partial charge is 0.0889 e. The predicted octanol–water partition coefficient (Wildman–Crippen LogP) is 0.982. The highest BCUT2D eigenvalue weighted by atomic mass is 16.3. The van der Waals surface area contributed by atoms with E-state index in [1.165, 1.54) is 5.57 Å². The minimum atomic E-state index is -0.615. The van der Waals surface area contributed by atoms with Crippen LogP contribution in [0, 0.1) is 5.92 Å². The molecule has 0 aliphatic heterocycles. The number of hydrogen-bond acceptors (Lipinski definition) is 2. The van der Waals surface area contributed by atoms with Crippen molar-refractivity contribution in [3.8, 4) is 0 Å². The van der Waals surface area contributed by atoms with E-state index in [4.69, 9.17) is 0 Å².